The van der Waals surface area contributed by atoms with Gasteiger partial charge in [-0.2, -0.15) is 13.2 Å². The highest BCUT2D eigenvalue weighted by molar-refractivity contribution is 7.17. The Morgan fingerprint density at radius 1 is 1.10 bits per heavy atom. The van der Waals surface area contributed by atoms with Gasteiger partial charge in [0.15, 0.2) is 0 Å². The van der Waals surface area contributed by atoms with Gasteiger partial charge in [-0.15, -0.1) is 11.3 Å². The molecule has 3 heterocycles. The smallest absolute Gasteiger partial charge is 0.301 e. The lowest BCUT2D eigenvalue weighted by molar-refractivity contribution is -0.136. The number of thiophene rings is 1. The van der Waals surface area contributed by atoms with E-state index in [1.165, 1.54) is 17.3 Å². The van der Waals surface area contributed by atoms with E-state index in [0.29, 0.717) is 4.70 Å². The van der Waals surface area contributed by atoms with Crippen LogP contribution in [0.3, 0.4) is 0 Å². The van der Waals surface area contributed by atoms with Crippen molar-refractivity contribution in [2.24, 2.45) is 0 Å². The number of hydrogen-bond acceptors (Lipinski definition) is 4. The second-order valence-electron chi connectivity index (χ2n) is 7.66. The van der Waals surface area contributed by atoms with Gasteiger partial charge in [-0.25, -0.2) is 9.97 Å². The maximum absolute atomic E-state index is 13.4. The highest BCUT2D eigenvalue weighted by Gasteiger charge is 2.34. The lowest BCUT2D eigenvalue weighted by atomic mass is 9.83. The van der Waals surface area contributed by atoms with Crippen molar-refractivity contribution in [2.45, 2.75) is 18.6 Å². The Bertz CT molecular complexity index is 1220. The molecule has 0 bridgehead atoms. The number of aromatic nitrogens is 2. The summed E-state index contributed by atoms with van der Waals surface area (Å²) in [4.78, 5) is 10.5. The normalized spacial score (nSPS) is 17.3. The van der Waals surface area contributed by atoms with Gasteiger partial charge in [0, 0.05) is 46.2 Å². The Kier molecular flexibility index (Phi) is 4.60. The first-order valence-corrected chi connectivity index (χ1v) is 10.4. The first kappa shape index (κ1) is 19.2. The van der Waals surface area contributed by atoms with Gasteiger partial charge in [0.25, 0.3) is 0 Å². The third-order valence-corrected chi connectivity index (χ3v) is 6.60. The molecule has 7 heteroatoms. The fourth-order valence-electron chi connectivity index (χ4n) is 4.24. The minimum absolute atomic E-state index is 0.0172. The SMILES string of the molecule is CN1Cc2cc(-c3ccncn3)ccc2C(c2ccc3scc(C(F)(F)F)c3c2)C1. The lowest BCUT2D eigenvalue weighted by Gasteiger charge is -2.33. The number of alkyl halides is 3. The highest BCUT2D eigenvalue weighted by Crippen LogP contribution is 2.41. The van der Waals surface area contributed by atoms with Crippen molar-refractivity contribution in [2.75, 3.05) is 13.6 Å². The van der Waals surface area contributed by atoms with E-state index in [1.807, 2.05) is 31.3 Å². The summed E-state index contributed by atoms with van der Waals surface area (Å²) in [7, 11) is 2.04. The predicted molar refractivity (Wildman–Crippen MR) is 112 cm³/mol. The maximum atomic E-state index is 13.4. The minimum Gasteiger partial charge on any atom is -0.301 e. The Balaban J connectivity index is 1.59. The molecule has 1 unspecified atom stereocenters. The quantitative estimate of drug-likeness (QED) is 0.397. The summed E-state index contributed by atoms with van der Waals surface area (Å²) in [5, 5.41) is 1.50. The number of nitrogens with zero attached hydrogens (tertiary/aromatic N) is 3. The van der Waals surface area contributed by atoms with Crippen LogP contribution in [0.1, 0.15) is 28.2 Å². The van der Waals surface area contributed by atoms with E-state index < -0.39 is 11.7 Å². The molecule has 1 aliphatic rings. The van der Waals surface area contributed by atoms with E-state index in [0.717, 1.165) is 46.8 Å². The van der Waals surface area contributed by atoms with Crippen LogP contribution < -0.4 is 0 Å². The molecule has 2 aromatic carbocycles. The molecular weight excluding hydrogens is 407 g/mol. The second kappa shape index (κ2) is 7.18. The first-order chi connectivity index (χ1) is 14.4. The third kappa shape index (κ3) is 3.38. The molecule has 0 fully saturated rings. The fourth-order valence-corrected chi connectivity index (χ4v) is 5.18. The number of hydrogen-bond donors (Lipinski definition) is 0. The van der Waals surface area contributed by atoms with Gasteiger partial charge >= 0.3 is 6.18 Å². The fraction of sp³-hybridized carbons (Fsp3) is 0.217. The number of likely N-dealkylation sites (N-methyl/N-ethyl adjacent to an activating group) is 1. The van der Waals surface area contributed by atoms with Crippen molar-refractivity contribution in [3.63, 3.8) is 0 Å². The van der Waals surface area contributed by atoms with Crippen LogP contribution in [-0.2, 0) is 12.7 Å². The van der Waals surface area contributed by atoms with Crippen LogP contribution in [0.5, 0.6) is 0 Å². The summed E-state index contributed by atoms with van der Waals surface area (Å²) in [6.45, 7) is 1.55. The molecule has 0 amide bonds. The molecule has 2 aromatic heterocycles. The van der Waals surface area contributed by atoms with E-state index in [-0.39, 0.29) is 11.3 Å². The molecule has 1 aliphatic heterocycles. The van der Waals surface area contributed by atoms with Crippen LogP contribution in [0, 0.1) is 0 Å². The maximum Gasteiger partial charge on any atom is 0.417 e. The van der Waals surface area contributed by atoms with Crippen LogP contribution in [0.2, 0.25) is 0 Å². The van der Waals surface area contributed by atoms with Crippen molar-refractivity contribution in [1.82, 2.24) is 14.9 Å². The average Bonchev–Trinajstić information content (AvgIpc) is 3.17. The van der Waals surface area contributed by atoms with E-state index in [9.17, 15) is 13.2 Å². The minimum atomic E-state index is -4.34. The van der Waals surface area contributed by atoms with Crippen LogP contribution >= 0.6 is 11.3 Å². The molecule has 0 radical (unpaired) electrons. The molecule has 1 atom stereocenters. The summed E-state index contributed by atoms with van der Waals surface area (Å²) >= 11 is 1.14. The summed E-state index contributed by atoms with van der Waals surface area (Å²) in [6.07, 6.45) is -1.10. The van der Waals surface area contributed by atoms with Crippen molar-refractivity contribution >= 4 is 21.4 Å². The molecule has 0 saturated heterocycles. The van der Waals surface area contributed by atoms with E-state index in [2.05, 4.69) is 27.0 Å². The van der Waals surface area contributed by atoms with Gasteiger partial charge in [0.1, 0.15) is 6.33 Å². The highest BCUT2D eigenvalue weighted by atomic mass is 32.1. The van der Waals surface area contributed by atoms with Gasteiger partial charge in [0.05, 0.1) is 11.3 Å². The zero-order chi connectivity index (χ0) is 20.9. The Labute approximate surface area is 175 Å². The molecule has 3 nitrogen and oxygen atoms in total. The molecule has 5 rings (SSSR count). The van der Waals surface area contributed by atoms with Gasteiger partial charge < -0.3 is 4.90 Å². The number of fused-ring (bicyclic) bond motifs is 2. The summed E-state index contributed by atoms with van der Waals surface area (Å²) in [6, 6.07) is 13.6. The average molecular weight is 425 g/mol. The molecular formula is C23H18F3N3S. The Morgan fingerprint density at radius 3 is 2.73 bits per heavy atom. The van der Waals surface area contributed by atoms with Crippen LogP contribution in [0.25, 0.3) is 21.3 Å². The largest absolute Gasteiger partial charge is 0.417 e. The van der Waals surface area contributed by atoms with E-state index in [4.69, 9.17) is 0 Å². The zero-order valence-electron chi connectivity index (χ0n) is 16.1. The Morgan fingerprint density at radius 2 is 1.97 bits per heavy atom. The number of halogens is 3. The van der Waals surface area contributed by atoms with Gasteiger partial charge in [-0.1, -0.05) is 18.2 Å². The monoisotopic (exact) mass is 425 g/mol. The van der Waals surface area contributed by atoms with Crippen LogP contribution in [0.15, 0.2) is 60.4 Å². The van der Waals surface area contributed by atoms with Gasteiger partial charge in [-0.05, 0) is 48.0 Å². The topological polar surface area (TPSA) is 29.0 Å². The van der Waals surface area contributed by atoms with Gasteiger partial charge in [0.2, 0.25) is 0 Å². The van der Waals surface area contributed by atoms with E-state index in [1.54, 1.807) is 12.3 Å². The molecule has 0 spiro atoms. The molecule has 0 saturated carbocycles. The number of benzene rings is 2. The van der Waals surface area contributed by atoms with Crippen LogP contribution in [0.4, 0.5) is 13.2 Å². The number of rotatable bonds is 2. The van der Waals surface area contributed by atoms with Crippen molar-refractivity contribution in [3.8, 4) is 11.3 Å². The molecule has 0 N–H and O–H groups in total. The summed E-state index contributed by atoms with van der Waals surface area (Å²) in [5.74, 6) is 0.0172. The van der Waals surface area contributed by atoms with Crippen LogP contribution in [-0.4, -0.2) is 28.5 Å². The molecule has 0 aliphatic carbocycles. The van der Waals surface area contributed by atoms with Crippen molar-refractivity contribution in [1.29, 1.82) is 0 Å². The summed E-state index contributed by atoms with van der Waals surface area (Å²) in [5.41, 5.74) is 4.56. The standard InChI is InChI=1S/C23H18F3N3S/c1-29-10-16-8-15(21-6-7-27-13-28-21)2-4-17(16)19(11-29)14-3-5-22-18(9-14)20(12-30-22)23(24,25)26/h2-9,12-13,19H,10-11H2,1H3. The second-order valence-corrected chi connectivity index (χ2v) is 8.57. The lowest BCUT2D eigenvalue weighted by Crippen LogP contribution is -2.31. The summed E-state index contributed by atoms with van der Waals surface area (Å²) < 4.78 is 40.9. The molecule has 4 aromatic rings. The van der Waals surface area contributed by atoms with Gasteiger partial charge in [-0.3, -0.25) is 0 Å². The van der Waals surface area contributed by atoms with Crippen molar-refractivity contribution in [3.05, 3.63) is 82.6 Å². The Hall–Kier alpha value is -2.77. The third-order valence-electron chi connectivity index (χ3n) is 5.64. The molecule has 152 valence electrons. The first-order valence-electron chi connectivity index (χ1n) is 9.56. The zero-order valence-corrected chi connectivity index (χ0v) is 17.0. The van der Waals surface area contributed by atoms with Crippen molar-refractivity contribution < 1.29 is 13.2 Å². The molecule has 30 heavy (non-hydrogen) atoms. The predicted octanol–water partition coefficient (Wildman–Crippen LogP) is 5.95. The van der Waals surface area contributed by atoms with E-state index >= 15 is 0 Å².